The van der Waals surface area contributed by atoms with Crippen LogP contribution in [0.4, 0.5) is 27.6 Å². The largest absolute Gasteiger partial charge is 0.508 e. The molecule has 0 aromatic heterocycles. The van der Waals surface area contributed by atoms with E-state index >= 15 is 0 Å². The average Bonchev–Trinajstić information content (AvgIpc) is 3.26. The Morgan fingerprint density at radius 3 is 2.07 bits per heavy atom. The lowest BCUT2D eigenvalue weighted by molar-refractivity contribution is -0.138. The van der Waals surface area contributed by atoms with Crippen LogP contribution in [0.1, 0.15) is 29.9 Å². The van der Waals surface area contributed by atoms with E-state index in [0.29, 0.717) is 11.1 Å². The quantitative estimate of drug-likeness (QED) is 0.131. The Bertz CT molecular complexity index is 1670. The number of benzene rings is 2. The molecule has 220 valence electrons. The molecular formula is C28H19Cl2F5N2O5. The number of allylic oxidation sites excluding steroid dienone is 2. The summed E-state index contributed by atoms with van der Waals surface area (Å²) in [6.45, 7) is 1.52. The summed E-state index contributed by atoms with van der Waals surface area (Å²) in [7, 11) is 1.30. The zero-order valence-corrected chi connectivity index (χ0v) is 23.2. The Labute approximate surface area is 244 Å². The van der Waals surface area contributed by atoms with Crippen molar-refractivity contribution in [2.75, 3.05) is 11.9 Å². The number of aromatic hydroxyl groups is 1. The molecule has 1 saturated carbocycles. The molecule has 3 fully saturated rings. The minimum atomic E-state index is -2.60. The number of fused-ring (bicyclic) bond motifs is 4. The highest BCUT2D eigenvalue weighted by Gasteiger charge is 2.77. The van der Waals surface area contributed by atoms with Gasteiger partial charge in [-0.05, 0) is 42.9 Å². The van der Waals surface area contributed by atoms with E-state index in [9.17, 15) is 46.2 Å². The summed E-state index contributed by atoms with van der Waals surface area (Å²) in [5.74, 6) is -20.7. The monoisotopic (exact) mass is 628 g/mol. The first-order valence-electron chi connectivity index (χ1n) is 12.7. The van der Waals surface area contributed by atoms with Crippen LogP contribution < -0.4 is 4.90 Å². The Morgan fingerprint density at radius 1 is 0.881 bits per heavy atom. The van der Waals surface area contributed by atoms with E-state index in [2.05, 4.69) is 0 Å². The second-order valence-electron chi connectivity index (χ2n) is 11.0. The molecule has 2 heterocycles. The minimum Gasteiger partial charge on any atom is -0.508 e. The summed E-state index contributed by atoms with van der Waals surface area (Å²) in [6, 6.07) is 4.08. The molecule has 14 heteroatoms. The number of carbonyl (C=O) groups is 4. The van der Waals surface area contributed by atoms with E-state index in [1.165, 1.54) is 32.2 Å². The van der Waals surface area contributed by atoms with E-state index in [4.69, 9.17) is 23.2 Å². The third kappa shape index (κ3) is 3.27. The fourth-order valence-electron chi connectivity index (χ4n) is 6.96. The second-order valence-corrected chi connectivity index (χ2v) is 12.2. The van der Waals surface area contributed by atoms with Crippen LogP contribution in [0.5, 0.6) is 5.75 Å². The molecule has 0 radical (unpaired) electrons. The highest BCUT2D eigenvalue weighted by atomic mass is 35.5. The predicted octanol–water partition coefficient (Wildman–Crippen LogP) is 4.59. The van der Waals surface area contributed by atoms with Crippen molar-refractivity contribution in [2.45, 2.75) is 35.4 Å². The lowest BCUT2D eigenvalue weighted by atomic mass is 9.56. The van der Waals surface area contributed by atoms with E-state index in [-0.39, 0.29) is 22.6 Å². The summed E-state index contributed by atoms with van der Waals surface area (Å²) < 4.78 is 72.2. The summed E-state index contributed by atoms with van der Waals surface area (Å²) in [4.78, 5) is 49.7. The van der Waals surface area contributed by atoms with Crippen molar-refractivity contribution < 1.29 is 46.2 Å². The lowest BCUT2D eigenvalue weighted by Crippen LogP contribution is -2.60. The molecule has 7 nitrogen and oxygen atoms in total. The van der Waals surface area contributed by atoms with Gasteiger partial charge in [-0.15, -0.1) is 23.2 Å². The Hall–Kier alpha value is -3.51. The number of likely N-dealkylation sites (tertiary alicyclic amines) is 1. The smallest absolute Gasteiger partial charge is 0.258 e. The molecule has 2 aromatic carbocycles. The number of alkyl halides is 2. The molecule has 2 aromatic rings. The minimum absolute atomic E-state index is 0.0602. The van der Waals surface area contributed by atoms with Crippen LogP contribution in [0, 0.1) is 53.8 Å². The lowest BCUT2D eigenvalue weighted by Gasteiger charge is -2.50. The molecule has 6 unspecified atom stereocenters. The Balaban J connectivity index is 1.62. The molecule has 42 heavy (non-hydrogen) atoms. The van der Waals surface area contributed by atoms with Gasteiger partial charge in [-0.25, -0.2) is 26.9 Å². The highest BCUT2D eigenvalue weighted by Crippen LogP contribution is 2.66. The number of phenols is 1. The maximum atomic E-state index is 15.0. The van der Waals surface area contributed by atoms with Crippen LogP contribution in [-0.4, -0.2) is 50.4 Å². The van der Waals surface area contributed by atoms with Gasteiger partial charge in [0.05, 0.1) is 11.8 Å². The number of carbonyl (C=O) groups excluding carboxylic acids is 4. The van der Waals surface area contributed by atoms with Crippen molar-refractivity contribution in [1.29, 1.82) is 0 Å². The third-order valence-electron chi connectivity index (χ3n) is 9.00. The van der Waals surface area contributed by atoms with Gasteiger partial charge in [0.15, 0.2) is 33.0 Å². The number of aryl methyl sites for hydroxylation is 1. The van der Waals surface area contributed by atoms with E-state index in [1.807, 2.05) is 0 Å². The first-order chi connectivity index (χ1) is 19.6. The standard InChI is InChI=1S/C28H19Cl2F5N2O5/c1-9-7-10(3-6-14(9)38)16-11-4-5-12-15(24(40)36(2)23(12)39)13(11)8-27(29)25(41)37(26(42)28(16,27)30)22-20(34)18(32)17(31)19(33)21(22)35/h3-4,6-7,12-13,15-16,38H,5,8H2,1-2H3. The van der Waals surface area contributed by atoms with Gasteiger partial charge < -0.3 is 5.11 Å². The number of anilines is 1. The SMILES string of the molecule is Cc1cc(C2C3=CCC4C(=O)N(C)C(=O)C4C3CC3(Cl)C(=O)N(c4c(F)c(F)c(F)c(F)c4F)C(=O)C23Cl)ccc1O. The summed E-state index contributed by atoms with van der Waals surface area (Å²) >= 11 is 14.0. The first-order valence-corrected chi connectivity index (χ1v) is 13.4. The number of phenolic OH excluding ortho intramolecular Hbond substituents is 1. The number of halogens is 7. The van der Waals surface area contributed by atoms with Gasteiger partial charge in [-0.2, -0.15) is 0 Å². The molecule has 2 aliphatic heterocycles. The number of amides is 4. The van der Waals surface area contributed by atoms with Gasteiger partial charge in [0, 0.05) is 13.0 Å². The number of imide groups is 2. The normalized spacial score (nSPS) is 32.3. The van der Waals surface area contributed by atoms with Crippen molar-refractivity contribution in [3.63, 3.8) is 0 Å². The zero-order valence-electron chi connectivity index (χ0n) is 21.7. The molecular weight excluding hydrogens is 610 g/mol. The number of hydrogen-bond donors (Lipinski definition) is 1. The van der Waals surface area contributed by atoms with Gasteiger partial charge >= 0.3 is 0 Å². The molecule has 1 N–H and O–H groups in total. The van der Waals surface area contributed by atoms with Crippen molar-refractivity contribution in [2.24, 2.45) is 17.8 Å². The fraction of sp³-hybridized carbons (Fsp3) is 0.357. The molecule has 4 amide bonds. The maximum Gasteiger partial charge on any atom is 0.258 e. The first kappa shape index (κ1) is 28.6. The number of nitrogens with zero attached hydrogens (tertiary/aromatic N) is 2. The predicted molar refractivity (Wildman–Crippen MR) is 137 cm³/mol. The van der Waals surface area contributed by atoms with Crippen LogP contribution >= 0.6 is 23.2 Å². The van der Waals surface area contributed by atoms with Gasteiger partial charge in [0.25, 0.3) is 11.8 Å². The van der Waals surface area contributed by atoms with Gasteiger partial charge in [-0.1, -0.05) is 23.8 Å². The third-order valence-corrected chi connectivity index (χ3v) is 10.4. The fourth-order valence-corrected chi connectivity index (χ4v) is 7.89. The van der Waals surface area contributed by atoms with Crippen LogP contribution in [0.3, 0.4) is 0 Å². The van der Waals surface area contributed by atoms with Crippen LogP contribution in [0.2, 0.25) is 0 Å². The topological polar surface area (TPSA) is 95.0 Å². The van der Waals surface area contributed by atoms with E-state index in [0.717, 1.165) is 4.90 Å². The number of hydrogen-bond acceptors (Lipinski definition) is 5. The van der Waals surface area contributed by atoms with Gasteiger partial charge in [-0.3, -0.25) is 24.1 Å². The highest BCUT2D eigenvalue weighted by molar-refractivity contribution is 6.58. The molecule has 0 bridgehead atoms. The van der Waals surface area contributed by atoms with Gasteiger partial charge in [0.2, 0.25) is 17.6 Å². The van der Waals surface area contributed by atoms with Crippen molar-refractivity contribution in [3.8, 4) is 5.75 Å². The summed E-state index contributed by atoms with van der Waals surface area (Å²) in [6.07, 6.45) is 1.09. The number of rotatable bonds is 2. The Kier molecular flexibility index (Phi) is 6.13. The maximum absolute atomic E-state index is 15.0. The molecule has 2 saturated heterocycles. The molecule has 6 atom stereocenters. The van der Waals surface area contributed by atoms with Crippen molar-refractivity contribution in [1.82, 2.24) is 4.90 Å². The second kappa shape index (κ2) is 9.00. The molecule has 2 aliphatic carbocycles. The summed E-state index contributed by atoms with van der Waals surface area (Å²) in [5.41, 5.74) is -0.975. The van der Waals surface area contributed by atoms with E-state index < -0.39 is 98.2 Å². The van der Waals surface area contributed by atoms with Crippen molar-refractivity contribution >= 4 is 52.5 Å². The van der Waals surface area contributed by atoms with Crippen LogP contribution in [-0.2, 0) is 19.2 Å². The van der Waals surface area contributed by atoms with Gasteiger partial charge in [0.1, 0.15) is 11.4 Å². The van der Waals surface area contributed by atoms with Crippen LogP contribution in [0.15, 0.2) is 29.8 Å². The zero-order chi connectivity index (χ0) is 30.8. The molecule has 6 rings (SSSR count). The molecule has 0 spiro atoms. The summed E-state index contributed by atoms with van der Waals surface area (Å²) in [5, 5.41) is 10.1. The average molecular weight is 629 g/mol. The Morgan fingerprint density at radius 2 is 1.48 bits per heavy atom. The molecule has 4 aliphatic rings. The van der Waals surface area contributed by atoms with Crippen LogP contribution in [0.25, 0.3) is 0 Å². The van der Waals surface area contributed by atoms with Crippen molar-refractivity contribution in [3.05, 3.63) is 70.1 Å². The van der Waals surface area contributed by atoms with E-state index in [1.54, 1.807) is 6.08 Å².